The highest BCUT2D eigenvalue weighted by Crippen LogP contribution is 2.21. The molecular weight excluding hydrogens is 280 g/mol. The van der Waals surface area contributed by atoms with Crippen molar-refractivity contribution in [1.82, 2.24) is 14.5 Å². The van der Waals surface area contributed by atoms with E-state index in [1.807, 2.05) is 35.0 Å². The molecule has 6 heteroatoms. The Morgan fingerprint density at radius 1 is 1.32 bits per heavy atom. The minimum Gasteiger partial charge on any atom is -0.396 e. The molecule has 3 rings (SSSR count). The number of likely N-dealkylation sites (tertiary alicyclic amines) is 1. The molecule has 6 nitrogen and oxygen atoms in total. The first-order valence-electron chi connectivity index (χ1n) is 7.43. The van der Waals surface area contributed by atoms with Gasteiger partial charge in [-0.1, -0.05) is 0 Å². The first kappa shape index (κ1) is 14.7. The van der Waals surface area contributed by atoms with Gasteiger partial charge in [0.15, 0.2) is 0 Å². The second-order valence-electron chi connectivity index (χ2n) is 5.66. The van der Waals surface area contributed by atoms with Gasteiger partial charge in [-0.3, -0.25) is 4.79 Å². The summed E-state index contributed by atoms with van der Waals surface area (Å²) in [7, 11) is 0. The molecule has 3 N–H and O–H groups in total. The first-order valence-corrected chi connectivity index (χ1v) is 7.43. The van der Waals surface area contributed by atoms with E-state index in [1.165, 1.54) is 0 Å². The van der Waals surface area contributed by atoms with Crippen molar-refractivity contribution in [3.05, 3.63) is 48.5 Å². The molecule has 1 fully saturated rings. The van der Waals surface area contributed by atoms with Crippen LogP contribution in [-0.4, -0.2) is 51.2 Å². The highest BCUT2D eigenvalue weighted by molar-refractivity contribution is 5.94. The summed E-state index contributed by atoms with van der Waals surface area (Å²) in [6.45, 7) is 1.27. The van der Waals surface area contributed by atoms with E-state index in [4.69, 9.17) is 10.8 Å². The zero-order chi connectivity index (χ0) is 15.5. The first-order chi connectivity index (χ1) is 10.7. The summed E-state index contributed by atoms with van der Waals surface area (Å²) in [6.07, 6.45) is 5.93. The van der Waals surface area contributed by atoms with Gasteiger partial charge >= 0.3 is 0 Å². The molecule has 1 saturated heterocycles. The van der Waals surface area contributed by atoms with Gasteiger partial charge in [0.2, 0.25) is 0 Å². The second kappa shape index (κ2) is 6.29. The summed E-state index contributed by atoms with van der Waals surface area (Å²) in [6, 6.07) is 7.39. The summed E-state index contributed by atoms with van der Waals surface area (Å²) < 4.78 is 1.89. The standard InChI is InChI=1S/C16H20N4O2/c17-15-10-20(9-13(15)5-8-21)16(22)12-1-3-14(4-2-12)19-7-6-18-11-19/h1-4,6-7,11,13,15,21H,5,8-10,17H2/t13-,15-/m1/s1. The smallest absolute Gasteiger partial charge is 0.253 e. The number of hydrogen-bond acceptors (Lipinski definition) is 4. The van der Waals surface area contributed by atoms with Gasteiger partial charge in [0.25, 0.3) is 5.91 Å². The predicted octanol–water partition coefficient (Wildman–Crippen LogP) is 0.654. The number of aromatic nitrogens is 2. The number of benzene rings is 1. The van der Waals surface area contributed by atoms with Crippen LogP contribution in [0, 0.1) is 5.92 Å². The number of nitrogens with zero attached hydrogens (tertiary/aromatic N) is 3. The fourth-order valence-electron chi connectivity index (χ4n) is 2.90. The van der Waals surface area contributed by atoms with E-state index >= 15 is 0 Å². The Kier molecular flexibility index (Phi) is 4.22. The van der Waals surface area contributed by atoms with Crippen LogP contribution >= 0.6 is 0 Å². The number of carbonyl (C=O) groups excluding carboxylic acids is 1. The molecular formula is C16H20N4O2. The molecule has 1 amide bonds. The van der Waals surface area contributed by atoms with Crippen LogP contribution < -0.4 is 5.73 Å². The molecule has 2 atom stereocenters. The van der Waals surface area contributed by atoms with Crippen LogP contribution in [0.3, 0.4) is 0 Å². The average molecular weight is 300 g/mol. The van der Waals surface area contributed by atoms with Crippen LogP contribution in [-0.2, 0) is 0 Å². The van der Waals surface area contributed by atoms with Crippen molar-refractivity contribution in [2.45, 2.75) is 12.5 Å². The number of carbonyl (C=O) groups is 1. The van der Waals surface area contributed by atoms with Crippen molar-refractivity contribution in [2.24, 2.45) is 11.7 Å². The number of nitrogens with two attached hydrogens (primary N) is 1. The molecule has 0 unspecified atom stereocenters. The van der Waals surface area contributed by atoms with Crippen molar-refractivity contribution in [2.75, 3.05) is 19.7 Å². The minimum atomic E-state index is -0.0543. The maximum atomic E-state index is 12.5. The molecule has 2 heterocycles. The van der Waals surface area contributed by atoms with E-state index in [0.717, 1.165) is 5.69 Å². The summed E-state index contributed by atoms with van der Waals surface area (Å²) >= 11 is 0. The van der Waals surface area contributed by atoms with Gasteiger partial charge in [0.1, 0.15) is 0 Å². The maximum Gasteiger partial charge on any atom is 0.253 e. The van der Waals surface area contributed by atoms with Gasteiger partial charge in [-0.15, -0.1) is 0 Å². The van der Waals surface area contributed by atoms with Crippen LogP contribution in [0.15, 0.2) is 43.0 Å². The van der Waals surface area contributed by atoms with Crippen LogP contribution in [0.4, 0.5) is 0 Å². The fraction of sp³-hybridized carbons (Fsp3) is 0.375. The lowest BCUT2D eigenvalue weighted by molar-refractivity contribution is 0.0784. The molecule has 116 valence electrons. The molecule has 0 bridgehead atoms. The third-order valence-corrected chi connectivity index (χ3v) is 4.20. The van der Waals surface area contributed by atoms with Gasteiger partial charge in [-0.25, -0.2) is 4.98 Å². The second-order valence-corrected chi connectivity index (χ2v) is 5.66. The number of imidazole rings is 1. The number of hydrogen-bond donors (Lipinski definition) is 2. The third kappa shape index (κ3) is 2.88. The molecule has 1 aliphatic heterocycles. The van der Waals surface area contributed by atoms with Gasteiger partial charge < -0.3 is 20.3 Å². The van der Waals surface area contributed by atoms with Crippen LogP contribution in [0.5, 0.6) is 0 Å². The molecule has 0 spiro atoms. The summed E-state index contributed by atoms with van der Waals surface area (Å²) in [5, 5.41) is 9.04. The Hall–Kier alpha value is -2.18. The molecule has 0 radical (unpaired) electrons. The number of aliphatic hydroxyl groups excluding tert-OH is 1. The number of amides is 1. The van der Waals surface area contributed by atoms with Crippen molar-refractivity contribution in [3.8, 4) is 5.69 Å². The largest absolute Gasteiger partial charge is 0.396 e. The molecule has 1 aliphatic rings. The summed E-state index contributed by atoms with van der Waals surface area (Å²) in [5.74, 6) is 0.173. The Morgan fingerprint density at radius 3 is 2.73 bits per heavy atom. The van der Waals surface area contributed by atoms with Crippen LogP contribution in [0.1, 0.15) is 16.8 Å². The van der Waals surface area contributed by atoms with Gasteiger partial charge in [-0.2, -0.15) is 0 Å². The lowest BCUT2D eigenvalue weighted by atomic mass is 10.0. The monoisotopic (exact) mass is 300 g/mol. The molecule has 0 saturated carbocycles. The zero-order valence-corrected chi connectivity index (χ0v) is 12.3. The van der Waals surface area contributed by atoms with E-state index < -0.39 is 0 Å². The fourth-order valence-corrected chi connectivity index (χ4v) is 2.90. The Labute approximate surface area is 129 Å². The molecule has 0 aliphatic carbocycles. The van der Waals surface area contributed by atoms with E-state index in [-0.39, 0.29) is 24.5 Å². The topological polar surface area (TPSA) is 84.4 Å². The van der Waals surface area contributed by atoms with Gasteiger partial charge in [0.05, 0.1) is 6.33 Å². The van der Waals surface area contributed by atoms with Crippen molar-refractivity contribution in [3.63, 3.8) is 0 Å². The van der Waals surface area contributed by atoms with Crippen LogP contribution in [0.25, 0.3) is 5.69 Å². The minimum absolute atomic E-state index is 0.00642. The summed E-state index contributed by atoms with van der Waals surface area (Å²) in [4.78, 5) is 18.3. The van der Waals surface area contributed by atoms with E-state index in [1.54, 1.807) is 17.4 Å². The zero-order valence-electron chi connectivity index (χ0n) is 12.3. The van der Waals surface area contributed by atoms with Crippen molar-refractivity contribution >= 4 is 5.91 Å². The SMILES string of the molecule is N[C@@H]1CN(C(=O)c2ccc(-n3ccnc3)cc2)C[C@H]1CCO. The van der Waals surface area contributed by atoms with Crippen molar-refractivity contribution in [1.29, 1.82) is 0 Å². The van der Waals surface area contributed by atoms with Crippen LogP contribution in [0.2, 0.25) is 0 Å². The lowest BCUT2D eigenvalue weighted by Crippen LogP contribution is -2.32. The predicted molar refractivity (Wildman–Crippen MR) is 82.6 cm³/mol. The number of aliphatic hydroxyl groups is 1. The average Bonchev–Trinajstić information content (AvgIpc) is 3.18. The van der Waals surface area contributed by atoms with Gasteiger partial charge in [0, 0.05) is 49.4 Å². The summed E-state index contributed by atoms with van der Waals surface area (Å²) in [5.41, 5.74) is 7.66. The maximum absolute atomic E-state index is 12.5. The Morgan fingerprint density at radius 2 is 2.09 bits per heavy atom. The molecule has 1 aromatic heterocycles. The highest BCUT2D eigenvalue weighted by atomic mass is 16.3. The Bertz CT molecular complexity index is 624. The number of rotatable bonds is 4. The van der Waals surface area contributed by atoms with E-state index in [0.29, 0.717) is 25.1 Å². The Balaban J connectivity index is 1.70. The third-order valence-electron chi connectivity index (χ3n) is 4.20. The van der Waals surface area contributed by atoms with E-state index in [2.05, 4.69) is 4.98 Å². The molecule has 22 heavy (non-hydrogen) atoms. The highest BCUT2D eigenvalue weighted by Gasteiger charge is 2.32. The normalized spacial score (nSPS) is 21.3. The molecule has 2 aromatic rings. The van der Waals surface area contributed by atoms with E-state index in [9.17, 15) is 4.79 Å². The van der Waals surface area contributed by atoms with Crippen molar-refractivity contribution < 1.29 is 9.90 Å². The molecule has 1 aromatic carbocycles. The lowest BCUT2D eigenvalue weighted by Gasteiger charge is -2.16. The quantitative estimate of drug-likeness (QED) is 0.868. The van der Waals surface area contributed by atoms with Gasteiger partial charge in [-0.05, 0) is 36.6 Å².